The van der Waals surface area contributed by atoms with Crippen molar-refractivity contribution in [3.63, 3.8) is 0 Å². The number of hydrogen-bond acceptors (Lipinski definition) is 4. The minimum absolute atomic E-state index is 0.159. The van der Waals surface area contributed by atoms with Gasteiger partial charge in [-0.15, -0.1) is 0 Å². The third-order valence-corrected chi connectivity index (χ3v) is 6.11. The summed E-state index contributed by atoms with van der Waals surface area (Å²) in [4.78, 5) is 26.0. The Morgan fingerprint density at radius 1 is 1.24 bits per heavy atom. The minimum atomic E-state index is -0.159. The van der Waals surface area contributed by atoms with Crippen molar-refractivity contribution in [3.8, 4) is 16.9 Å². The van der Waals surface area contributed by atoms with E-state index >= 15 is 0 Å². The van der Waals surface area contributed by atoms with E-state index in [0.717, 1.165) is 52.6 Å². The van der Waals surface area contributed by atoms with Crippen molar-refractivity contribution in [3.05, 3.63) is 59.9 Å². The summed E-state index contributed by atoms with van der Waals surface area (Å²) in [5.41, 5.74) is 5.66. The van der Waals surface area contributed by atoms with Gasteiger partial charge in [0.05, 0.1) is 13.4 Å². The van der Waals surface area contributed by atoms with E-state index in [0.29, 0.717) is 25.3 Å². The lowest BCUT2D eigenvalue weighted by Gasteiger charge is -2.15. The minimum Gasteiger partial charge on any atom is -0.496 e. The van der Waals surface area contributed by atoms with Gasteiger partial charge in [0.2, 0.25) is 11.8 Å². The molecule has 33 heavy (non-hydrogen) atoms. The van der Waals surface area contributed by atoms with E-state index < -0.39 is 0 Å². The first-order chi connectivity index (χ1) is 16.0. The van der Waals surface area contributed by atoms with Gasteiger partial charge >= 0.3 is 0 Å². The van der Waals surface area contributed by atoms with Crippen molar-refractivity contribution in [1.29, 1.82) is 0 Å². The molecular weight excluding hydrogens is 416 g/mol. The number of ether oxygens (including phenoxy) is 1. The monoisotopic (exact) mass is 446 g/mol. The summed E-state index contributed by atoms with van der Waals surface area (Å²) in [6.07, 6.45) is 5.67. The van der Waals surface area contributed by atoms with Gasteiger partial charge in [-0.2, -0.15) is 0 Å². The van der Waals surface area contributed by atoms with Crippen LogP contribution in [0.4, 0.5) is 0 Å². The van der Waals surface area contributed by atoms with Crippen molar-refractivity contribution in [1.82, 2.24) is 10.2 Å². The van der Waals surface area contributed by atoms with E-state index in [2.05, 4.69) is 36.5 Å². The van der Waals surface area contributed by atoms with E-state index in [9.17, 15) is 9.59 Å². The molecule has 0 bridgehead atoms. The molecule has 0 atom stereocenters. The summed E-state index contributed by atoms with van der Waals surface area (Å²) in [5, 5.41) is 3.89. The molecule has 0 aliphatic carbocycles. The number of aryl methyl sites for hydroxylation is 1. The molecule has 1 saturated heterocycles. The van der Waals surface area contributed by atoms with Crippen LogP contribution in [0.2, 0.25) is 0 Å². The highest BCUT2D eigenvalue weighted by Gasteiger charge is 2.19. The second-order valence-electron chi connectivity index (χ2n) is 8.52. The molecular formula is C27H30N2O4. The van der Waals surface area contributed by atoms with Gasteiger partial charge in [0.25, 0.3) is 0 Å². The number of hydrogen-bond donors (Lipinski definition) is 1. The average Bonchev–Trinajstić information content (AvgIpc) is 3.41. The largest absolute Gasteiger partial charge is 0.496 e. The molecule has 6 heteroatoms. The van der Waals surface area contributed by atoms with Crippen molar-refractivity contribution >= 4 is 28.4 Å². The standard InChI is InChI=1S/C27H30N2O4/c1-18-7-9-20(10-8-18)23-17-33-25-16-24(32-3)21(15-22(23)25)19(2)14-26(30)28-11-5-13-29-12-4-6-27(29)31/h7-10,14-17H,4-6,11-13H2,1-3H3,(H,28,30)/b19-14+. The van der Waals surface area contributed by atoms with Gasteiger partial charge in [0.15, 0.2) is 0 Å². The summed E-state index contributed by atoms with van der Waals surface area (Å²) < 4.78 is 11.4. The average molecular weight is 447 g/mol. The Hall–Kier alpha value is -3.54. The van der Waals surface area contributed by atoms with Crippen LogP contribution >= 0.6 is 0 Å². The van der Waals surface area contributed by atoms with Crippen LogP contribution in [0.1, 0.15) is 37.3 Å². The normalized spacial score (nSPS) is 14.2. The summed E-state index contributed by atoms with van der Waals surface area (Å²) in [6, 6.07) is 12.2. The molecule has 4 rings (SSSR count). The SMILES string of the molecule is COc1cc2occ(-c3ccc(C)cc3)c2cc1/C(C)=C/C(=O)NCCCN1CCCC1=O. The maximum absolute atomic E-state index is 12.5. The predicted octanol–water partition coefficient (Wildman–Crippen LogP) is 4.95. The van der Waals surface area contributed by atoms with Crippen molar-refractivity contribution in [2.45, 2.75) is 33.1 Å². The van der Waals surface area contributed by atoms with Crippen LogP contribution in [0.5, 0.6) is 5.75 Å². The van der Waals surface area contributed by atoms with E-state index in [1.54, 1.807) is 19.4 Å². The molecule has 2 aromatic carbocycles. The second kappa shape index (κ2) is 9.94. The lowest BCUT2D eigenvalue weighted by molar-refractivity contribution is -0.127. The molecule has 6 nitrogen and oxygen atoms in total. The number of methoxy groups -OCH3 is 1. The molecule has 1 aliphatic heterocycles. The molecule has 0 unspecified atom stereocenters. The summed E-state index contributed by atoms with van der Waals surface area (Å²) in [6.45, 7) is 6.01. The molecule has 3 aromatic rings. The number of furan rings is 1. The topological polar surface area (TPSA) is 71.8 Å². The Morgan fingerprint density at radius 2 is 2.03 bits per heavy atom. The first kappa shape index (κ1) is 22.6. The summed E-state index contributed by atoms with van der Waals surface area (Å²) in [7, 11) is 1.61. The molecule has 0 saturated carbocycles. The number of benzene rings is 2. The quantitative estimate of drug-likeness (QED) is 0.393. The fraction of sp³-hybridized carbons (Fsp3) is 0.333. The van der Waals surface area contributed by atoms with Gasteiger partial charge in [-0.3, -0.25) is 9.59 Å². The fourth-order valence-corrected chi connectivity index (χ4v) is 4.24. The van der Waals surface area contributed by atoms with Crippen molar-refractivity contribution < 1.29 is 18.7 Å². The number of nitrogens with zero attached hydrogens (tertiary/aromatic N) is 1. The van der Waals surface area contributed by atoms with Crippen LogP contribution in [0.3, 0.4) is 0 Å². The maximum Gasteiger partial charge on any atom is 0.244 e. The first-order valence-corrected chi connectivity index (χ1v) is 11.4. The zero-order valence-corrected chi connectivity index (χ0v) is 19.4. The van der Waals surface area contributed by atoms with Gasteiger partial charge in [-0.25, -0.2) is 0 Å². The van der Waals surface area contributed by atoms with Gasteiger partial charge in [-0.1, -0.05) is 29.8 Å². The summed E-state index contributed by atoms with van der Waals surface area (Å²) in [5.74, 6) is 0.707. The third kappa shape index (κ3) is 5.11. The Balaban J connectivity index is 1.50. The molecule has 1 fully saturated rings. The van der Waals surface area contributed by atoms with Gasteiger partial charge in [0, 0.05) is 54.7 Å². The smallest absolute Gasteiger partial charge is 0.244 e. The third-order valence-electron chi connectivity index (χ3n) is 6.11. The molecule has 1 N–H and O–H groups in total. The van der Waals surface area contributed by atoms with Gasteiger partial charge < -0.3 is 19.4 Å². The molecule has 0 spiro atoms. The van der Waals surface area contributed by atoms with Crippen LogP contribution in [0.15, 0.2) is 53.2 Å². The van der Waals surface area contributed by atoms with Crippen molar-refractivity contribution in [2.75, 3.05) is 26.7 Å². The number of amides is 2. The van der Waals surface area contributed by atoms with E-state index in [1.807, 2.05) is 24.0 Å². The van der Waals surface area contributed by atoms with Crippen LogP contribution < -0.4 is 10.1 Å². The lowest BCUT2D eigenvalue weighted by Crippen LogP contribution is -2.30. The Bertz CT molecular complexity index is 1190. The Kier molecular flexibility index (Phi) is 6.82. The molecule has 0 radical (unpaired) electrons. The Labute approximate surface area is 194 Å². The van der Waals surface area contributed by atoms with Gasteiger partial charge in [-0.05, 0) is 43.9 Å². The molecule has 1 aliphatic rings. The van der Waals surface area contributed by atoms with Crippen molar-refractivity contribution in [2.24, 2.45) is 0 Å². The number of allylic oxidation sites excluding steroid dienone is 1. The number of carbonyl (C=O) groups excluding carboxylic acids is 2. The summed E-state index contributed by atoms with van der Waals surface area (Å²) >= 11 is 0. The van der Waals surface area contributed by atoms with Crippen LogP contribution in [0.25, 0.3) is 27.7 Å². The maximum atomic E-state index is 12.5. The van der Waals surface area contributed by atoms with Crippen LogP contribution in [-0.4, -0.2) is 43.5 Å². The first-order valence-electron chi connectivity index (χ1n) is 11.4. The second-order valence-corrected chi connectivity index (χ2v) is 8.52. The number of likely N-dealkylation sites (tertiary alicyclic amines) is 1. The highest BCUT2D eigenvalue weighted by atomic mass is 16.5. The van der Waals surface area contributed by atoms with Crippen LogP contribution in [-0.2, 0) is 9.59 Å². The van der Waals surface area contributed by atoms with E-state index in [4.69, 9.17) is 9.15 Å². The Morgan fingerprint density at radius 3 is 2.73 bits per heavy atom. The van der Waals surface area contributed by atoms with Gasteiger partial charge in [0.1, 0.15) is 11.3 Å². The molecule has 1 aromatic heterocycles. The number of rotatable bonds is 8. The lowest BCUT2D eigenvalue weighted by atomic mass is 9.99. The highest BCUT2D eigenvalue weighted by Crippen LogP contribution is 2.37. The molecule has 2 heterocycles. The highest BCUT2D eigenvalue weighted by molar-refractivity contribution is 6.00. The van der Waals surface area contributed by atoms with E-state index in [-0.39, 0.29) is 11.8 Å². The molecule has 172 valence electrons. The predicted molar refractivity (Wildman–Crippen MR) is 130 cm³/mol. The van der Waals surface area contributed by atoms with E-state index in [1.165, 1.54) is 5.56 Å². The zero-order valence-electron chi connectivity index (χ0n) is 19.4. The number of fused-ring (bicyclic) bond motifs is 1. The van der Waals surface area contributed by atoms with Crippen LogP contribution in [0, 0.1) is 6.92 Å². The zero-order chi connectivity index (χ0) is 23.4. The number of nitrogens with one attached hydrogen (secondary N) is 1. The molecule has 2 amide bonds. The fourth-order valence-electron chi connectivity index (χ4n) is 4.24. The number of carbonyl (C=O) groups is 2.